The highest BCUT2D eigenvalue weighted by atomic mass is 79.9. The van der Waals surface area contributed by atoms with E-state index < -0.39 is 0 Å². The minimum absolute atomic E-state index is 0.271. The van der Waals surface area contributed by atoms with Gasteiger partial charge in [0.05, 0.1) is 5.69 Å². The van der Waals surface area contributed by atoms with E-state index in [1.54, 1.807) is 12.3 Å². The molecule has 108 valence electrons. The Morgan fingerprint density at radius 1 is 1.45 bits per heavy atom. The van der Waals surface area contributed by atoms with Crippen LogP contribution in [0.4, 0.5) is 10.3 Å². The molecule has 0 aliphatic rings. The molecule has 20 heavy (non-hydrogen) atoms. The Morgan fingerprint density at radius 2 is 2.30 bits per heavy atom. The highest BCUT2D eigenvalue weighted by Crippen LogP contribution is 2.24. The van der Waals surface area contributed by atoms with Crippen molar-refractivity contribution in [1.82, 2.24) is 9.55 Å². The molecule has 0 saturated heterocycles. The van der Waals surface area contributed by atoms with E-state index in [0.29, 0.717) is 4.47 Å². The number of nitrogens with one attached hydrogen (secondary N) is 1. The molecular formula is C14H17BrFN3O. The molecule has 2 rings (SSSR count). The maximum absolute atomic E-state index is 13.1. The lowest BCUT2D eigenvalue weighted by atomic mass is 10.3. The number of hydrogen-bond donors (Lipinski definition) is 1. The summed E-state index contributed by atoms with van der Waals surface area (Å²) in [6.07, 6.45) is 4.45. The van der Waals surface area contributed by atoms with Crippen LogP contribution in [0.25, 0.3) is 5.69 Å². The normalized spacial score (nSPS) is 10.8. The number of aromatic nitrogens is 2. The van der Waals surface area contributed by atoms with E-state index in [2.05, 4.69) is 26.2 Å². The van der Waals surface area contributed by atoms with Gasteiger partial charge < -0.3 is 10.1 Å². The van der Waals surface area contributed by atoms with Crippen LogP contribution in [0.1, 0.15) is 13.3 Å². The summed E-state index contributed by atoms with van der Waals surface area (Å²) in [6, 6.07) is 4.58. The number of hydrogen-bond acceptors (Lipinski definition) is 3. The molecule has 0 atom stereocenters. The lowest BCUT2D eigenvalue weighted by Gasteiger charge is -2.11. The molecule has 0 fully saturated rings. The van der Waals surface area contributed by atoms with Gasteiger partial charge in [0.15, 0.2) is 0 Å². The predicted molar refractivity (Wildman–Crippen MR) is 80.8 cm³/mol. The van der Waals surface area contributed by atoms with Gasteiger partial charge in [0.25, 0.3) is 0 Å². The Bertz CT molecular complexity index is 559. The van der Waals surface area contributed by atoms with Gasteiger partial charge in [-0.3, -0.25) is 4.57 Å². The summed E-state index contributed by atoms with van der Waals surface area (Å²) in [5.41, 5.74) is 0.844. The first kappa shape index (κ1) is 15.0. The maximum Gasteiger partial charge on any atom is 0.207 e. The molecule has 0 amide bonds. The number of nitrogens with zero attached hydrogens (tertiary/aromatic N) is 2. The summed E-state index contributed by atoms with van der Waals surface area (Å²) in [5.74, 6) is 0.459. The van der Waals surface area contributed by atoms with Crippen molar-refractivity contribution in [2.75, 3.05) is 25.1 Å². The standard InChI is InChI=1S/C14H17BrFN3O/c1-2-20-9-3-6-17-14-18-7-8-19(14)13-5-4-11(16)10-12(13)15/h4-5,7-8,10H,2-3,6,9H2,1H3,(H,17,18). The largest absolute Gasteiger partial charge is 0.382 e. The van der Waals surface area contributed by atoms with Crippen molar-refractivity contribution >= 4 is 21.9 Å². The second kappa shape index (κ2) is 7.40. The Morgan fingerprint density at radius 3 is 3.05 bits per heavy atom. The van der Waals surface area contributed by atoms with Gasteiger partial charge in [-0.15, -0.1) is 0 Å². The summed E-state index contributed by atoms with van der Waals surface area (Å²) in [7, 11) is 0. The maximum atomic E-state index is 13.1. The van der Waals surface area contributed by atoms with E-state index in [1.807, 2.05) is 17.7 Å². The summed E-state index contributed by atoms with van der Waals surface area (Å²) >= 11 is 3.37. The van der Waals surface area contributed by atoms with Crippen LogP contribution in [-0.4, -0.2) is 29.3 Å². The SMILES string of the molecule is CCOCCCNc1nccn1-c1ccc(F)cc1Br. The van der Waals surface area contributed by atoms with Crippen LogP contribution in [0.15, 0.2) is 35.1 Å². The Labute approximate surface area is 126 Å². The van der Waals surface area contributed by atoms with Crippen molar-refractivity contribution in [2.45, 2.75) is 13.3 Å². The van der Waals surface area contributed by atoms with Crippen LogP contribution in [0.2, 0.25) is 0 Å². The topological polar surface area (TPSA) is 39.1 Å². The van der Waals surface area contributed by atoms with Gasteiger partial charge in [0.1, 0.15) is 5.82 Å². The Kier molecular flexibility index (Phi) is 5.55. The van der Waals surface area contributed by atoms with E-state index in [0.717, 1.165) is 37.8 Å². The summed E-state index contributed by atoms with van der Waals surface area (Å²) < 4.78 is 21.0. The first-order valence-electron chi connectivity index (χ1n) is 6.52. The first-order chi connectivity index (χ1) is 9.72. The second-order valence-electron chi connectivity index (χ2n) is 4.19. The van der Waals surface area contributed by atoms with Gasteiger partial charge in [-0.25, -0.2) is 9.37 Å². The summed E-state index contributed by atoms with van der Waals surface area (Å²) in [5, 5.41) is 3.25. The molecule has 0 unspecified atom stereocenters. The van der Waals surface area contributed by atoms with Gasteiger partial charge in [-0.2, -0.15) is 0 Å². The third kappa shape index (κ3) is 3.80. The van der Waals surface area contributed by atoms with Crippen LogP contribution in [0, 0.1) is 5.82 Å². The second-order valence-corrected chi connectivity index (χ2v) is 5.05. The summed E-state index contributed by atoms with van der Waals surface area (Å²) in [6.45, 7) is 4.21. The molecule has 1 aromatic carbocycles. The average molecular weight is 342 g/mol. The predicted octanol–water partition coefficient (Wildman–Crippen LogP) is 3.61. The van der Waals surface area contributed by atoms with E-state index in [1.165, 1.54) is 12.1 Å². The van der Waals surface area contributed by atoms with Crippen LogP contribution in [-0.2, 0) is 4.74 Å². The highest BCUT2D eigenvalue weighted by Gasteiger charge is 2.08. The van der Waals surface area contributed by atoms with Crippen LogP contribution in [0.5, 0.6) is 0 Å². The van der Waals surface area contributed by atoms with E-state index >= 15 is 0 Å². The molecule has 6 heteroatoms. The van der Waals surface area contributed by atoms with E-state index in [9.17, 15) is 4.39 Å². The van der Waals surface area contributed by atoms with Gasteiger partial charge >= 0.3 is 0 Å². The molecular weight excluding hydrogens is 325 g/mol. The monoisotopic (exact) mass is 341 g/mol. The number of halogens is 2. The van der Waals surface area contributed by atoms with Gasteiger partial charge in [0, 0.05) is 36.6 Å². The third-order valence-corrected chi connectivity index (χ3v) is 3.40. The molecule has 0 aliphatic heterocycles. The van der Waals surface area contributed by atoms with Crippen molar-refractivity contribution in [2.24, 2.45) is 0 Å². The Hall–Kier alpha value is -1.40. The number of benzene rings is 1. The fourth-order valence-electron chi connectivity index (χ4n) is 1.82. The molecule has 0 radical (unpaired) electrons. The van der Waals surface area contributed by atoms with Crippen LogP contribution < -0.4 is 5.32 Å². The van der Waals surface area contributed by atoms with Crippen LogP contribution in [0.3, 0.4) is 0 Å². The molecule has 1 N–H and O–H groups in total. The molecule has 2 aromatic rings. The van der Waals surface area contributed by atoms with Crippen molar-refractivity contribution in [3.05, 3.63) is 40.9 Å². The lowest BCUT2D eigenvalue weighted by molar-refractivity contribution is 0.147. The molecule has 1 heterocycles. The quantitative estimate of drug-likeness (QED) is 0.782. The zero-order valence-electron chi connectivity index (χ0n) is 11.3. The third-order valence-electron chi connectivity index (χ3n) is 2.76. The minimum atomic E-state index is -0.271. The number of imidazole rings is 1. The number of ether oxygens (including phenoxy) is 1. The van der Waals surface area contributed by atoms with Gasteiger partial charge in [-0.1, -0.05) is 0 Å². The molecule has 1 aromatic heterocycles. The van der Waals surface area contributed by atoms with Crippen molar-refractivity contribution in [3.63, 3.8) is 0 Å². The zero-order chi connectivity index (χ0) is 14.4. The smallest absolute Gasteiger partial charge is 0.207 e. The van der Waals surface area contributed by atoms with Gasteiger partial charge in [-0.05, 0) is 47.5 Å². The van der Waals surface area contributed by atoms with E-state index in [-0.39, 0.29) is 5.82 Å². The van der Waals surface area contributed by atoms with Crippen molar-refractivity contribution < 1.29 is 9.13 Å². The van der Waals surface area contributed by atoms with E-state index in [4.69, 9.17) is 4.74 Å². The lowest BCUT2D eigenvalue weighted by Crippen LogP contribution is -2.10. The zero-order valence-corrected chi connectivity index (χ0v) is 12.9. The highest BCUT2D eigenvalue weighted by molar-refractivity contribution is 9.10. The van der Waals surface area contributed by atoms with Crippen molar-refractivity contribution in [3.8, 4) is 5.69 Å². The number of anilines is 1. The van der Waals surface area contributed by atoms with Crippen molar-refractivity contribution in [1.29, 1.82) is 0 Å². The number of rotatable bonds is 7. The average Bonchev–Trinajstić information content (AvgIpc) is 2.87. The van der Waals surface area contributed by atoms with Gasteiger partial charge in [0.2, 0.25) is 5.95 Å². The Balaban J connectivity index is 2.04. The fourth-order valence-corrected chi connectivity index (χ4v) is 2.37. The first-order valence-corrected chi connectivity index (χ1v) is 7.32. The minimum Gasteiger partial charge on any atom is -0.382 e. The van der Waals surface area contributed by atoms with Crippen LogP contribution >= 0.6 is 15.9 Å². The molecule has 0 bridgehead atoms. The fraction of sp³-hybridized carbons (Fsp3) is 0.357. The molecule has 0 spiro atoms. The molecule has 0 aliphatic carbocycles. The molecule has 0 saturated carbocycles. The summed E-state index contributed by atoms with van der Waals surface area (Å²) in [4.78, 5) is 4.27. The molecule has 4 nitrogen and oxygen atoms in total.